The molecule has 0 amide bonds. The Morgan fingerprint density at radius 2 is 1.29 bits per heavy atom. The molecule has 0 unspecified atom stereocenters. The first-order chi connectivity index (χ1) is 8.42. The monoisotopic (exact) mass is 218 g/mol. The average molecular weight is 218 g/mol. The third-order valence-corrected chi connectivity index (χ3v) is 2.54. The molecule has 0 atom stereocenters. The quantitative estimate of drug-likeness (QED) is 0.527. The predicted molar refractivity (Wildman–Crippen MR) is 73.7 cm³/mol. The van der Waals surface area contributed by atoms with Gasteiger partial charge in [-0.25, -0.2) is 0 Å². The zero-order valence-electron chi connectivity index (χ0n) is 9.64. The zero-order valence-corrected chi connectivity index (χ0v) is 9.64. The highest BCUT2D eigenvalue weighted by Crippen LogP contribution is 2.22. The maximum atomic E-state index is 3.59. The fraction of sp³-hybridized carbons (Fsp3) is 0. The van der Waals surface area contributed by atoms with E-state index in [1.807, 2.05) is 48.6 Å². The van der Waals surface area contributed by atoms with Gasteiger partial charge in [-0.2, -0.15) is 0 Å². The van der Waals surface area contributed by atoms with E-state index in [-0.39, 0.29) is 0 Å². The van der Waals surface area contributed by atoms with Crippen LogP contribution in [0.4, 0.5) is 0 Å². The molecule has 0 N–H and O–H groups in total. The molecule has 0 aromatic heterocycles. The van der Waals surface area contributed by atoms with Crippen molar-refractivity contribution in [2.45, 2.75) is 0 Å². The molecule has 2 aromatic carbocycles. The van der Waals surface area contributed by atoms with Gasteiger partial charge < -0.3 is 0 Å². The van der Waals surface area contributed by atoms with Gasteiger partial charge in [-0.1, -0.05) is 67.2 Å². The lowest BCUT2D eigenvalue weighted by Crippen LogP contribution is -1.86. The summed E-state index contributed by atoms with van der Waals surface area (Å²) in [5.74, 6) is 0. The Labute approximate surface area is 102 Å². The molecule has 0 aliphatic heterocycles. The molecular weight excluding hydrogens is 204 g/mol. The first-order valence-corrected chi connectivity index (χ1v) is 5.59. The smallest absolute Gasteiger partial charge is 0.0105 e. The van der Waals surface area contributed by atoms with Gasteiger partial charge in [0.1, 0.15) is 0 Å². The molecule has 2 rings (SSSR count). The molecular formula is C17H14. The average Bonchev–Trinajstić information content (AvgIpc) is 2.42. The van der Waals surface area contributed by atoms with Crippen LogP contribution in [-0.4, -0.2) is 0 Å². The van der Waals surface area contributed by atoms with Crippen molar-refractivity contribution in [2.75, 3.05) is 0 Å². The van der Waals surface area contributed by atoms with Gasteiger partial charge in [0.2, 0.25) is 0 Å². The molecule has 17 heavy (non-hydrogen) atoms. The molecule has 0 heteroatoms. The third kappa shape index (κ3) is 2.84. The van der Waals surface area contributed by atoms with Crippen LogP contribution in [0.5, 0.6) is 0 Å². The largest absolute Gasteiger partial charge is 0.129 e. The molecule has 0 spiro atoms. The number of rotatable bonds is 3. The Hall–Kier alpha value is -2.30. The summed E-state index contributed by atoms with van der Waals surface area (Å²) in [5.41, 5.74) is 6.37. The van der Waals surface area contributed by atoms with Crippen molar-refractivity contribution in [3.05, 3.63) is 96.3 Å². The van der Waals surface area contributed by atoms with Crippen molar-refractivity contribution in [1.29, 1.82) is 0 Å². The van der Waals surface area contributed by atoms with Crippen molar-refractivity contribution < 1.29 is 0 Å². The molecule has 0 aliphatic carbocycles. The molecule has 0 bridgehead atoms. The van der Waals surface area contributed by atoms with E-state index in [1.165, 1.54) is 16.7 Å². The molecule has 0 fully saturated rings. The maximum absolute atomic E-state index is 3.59. The summed E-state index contributed by atoms with van der Waals surface area (Å²) in [6, 6.07) is 20.7. The fourth-order valence-corrected chi connectivity index (χ4v) is 1.74. The summed E-state index contributed by atoms with van der Waals surface area (Å²) < 4.78 is 0. The minimum Gasteiger partial charge on any atom is -0.129 e. The number of benzene rings is 2. The van der Waals surface area contributed by atoms with Crippen LogP contribution < -0.4 is 0 Å². The fourth-order valence-electron chi connectivity index (χ4n) is 1.74. The van der Waals surface area contributed by atoms with Gasteiger partial charge in [-0.3, -0.25) is 0 Å². The van der Waals surface area contributed by atoms with E-state index in [9.17, 15) is 0 Å². The van der Waals surface area contributed by atoms with Gasteiger partial charge in [-0.15, -0.1) is 5.73 Å². The lowest BCUT2D eigenvalue weighted by Gasteiger charge is -2.07. The lowest BCUT2D eigenvalue weighted by molar-refractivity contribution is 1.55. The van der Waals surface area contributed by atoms with E-state index in [4.69, 9.17) is 0 Å². The number of hydrogen-bond acceptors (Lipinski definition) is 0. The Bertz CT molecular complexity index is 500. The predicted octanol–water partition coefficient (Wildman–Crippen LogP) is 4.46. The van der Waals surface area contributed by atoms with Crippen LogP contribution in [0.25, 0.3) is 5.57 Å². The zero-order chi connectivity index (χ0) is 11.9. The van der Waals surface area contributed by atoms with Crippen molar-refractivity contribution >= 4 is 5.57 Å². The Morgan fingerprint density at radius 1 is 0.824 bits per heavy atom. The second-order valence-corrected chi connectivity index (χ2v) is 3.68. The highest BCUT2D eigenvalue weighted by atomic mass is 14.1. The van der Waals surface area contributed by atoms with E-state index in [2.05, 4.69) is 36.6 Å². The molecule has 0 aliphatic rings. The topological polar surface area (TPSA) is 0 Å². The molecule has 0 saturated heterocycles. The van der Waals surface area contributed by atoms with Gasteiger partial charge in [0.15, 0.2) is 0 Å². The van der Waals surface area contributed by atoms with Crippen LogP contribution in [-0.2, 0) is 0 Å². The summed E-state index contributed by atoms with van der Waals surface area (Å²) in [7, 11) is 0. The van der Waals surface area contributed by atoms with E-state index >= 15 is 0 Å². The van der Waals surface area contributed by atoms with Crippen LogP contribution >= 0.6 is 0 Å². The second-order valence-electron chi connectivity index (χ2n) is 3.68. The second kappa shape index (κ2) is 5.69. The molecule has 0 heterocycles. The molecule has 82 valence electrons. The summed E-state index contributed by atoms with van der Waals surface area (Å²) in [5, 5.41) is 0. The van der Waals surface area contributed by atoms with Crippen LogP contribution in [0.1, 0.15) is 11.1 Å². The Morgan fingerprint density at radius 3 is 1.71 bits per heavy atom. The lowest BCUT2D eigenvalue weighted by atomic mass is 9.98. The molecule has 0 radical (unpaired) electrons. The Kier molecular flexibility index (Phi) is 3.75. The SMILES string of the molecule is C=C=CC=C(c1ccccc1)c1ccccc1. The Balaban J connectivity index is 2.51. The van der Waals surface area contributed by atoms with Gasteiger partial charge in [-0.05, 0) is 28.9 Å². The van der Waals surface area contributed by atoms with Crippen molar-refractivity contribution in [3.8, 4) is 0 Å². The number of allylic oxidation sites excluding steroid dienone is 2. The summed E-state index contributed by atoms with van der Waals surface area (Å²) in [4.78, 5) is 0. The van der Waals surface area contributed by atoms with E-state index in [0.29, 0.717) is 0 Å². The third-order valence-electron chi connectivity index (χ3n) is 2.54. The van der Waals surface area contributed by atoms with Crippen molar-refractivity contribution in [1.82, 2.24) is 0 Å². The van der Waals surface area contributed by atoms with Crippen LogP contribution in [0.15, 0.2) is 85.1 Å². The summed E-state index contributed by atoms with van der Waals surface area (Å²) in [6.07, 6.45) is 3.88. The maximum Gasteiger partial charge on any atom is -0.0105 e. The summed E-state index contributed by atoms with van der Waals surface area (Å²) in [6.45, 7) is 3.59. The van der Waals surface area contributed by atoms with Crippen molar-refractivity contribution in [3.63, 3.8) is 0 Å². The normalized spacial score (nSPS) is 9.18. The minimum atomic E-state index is 1.18. The summed E-state index contributed by atoms with van der Waals surface area (Å²) >= 11 is 0. The van der Waals surface area contributed by atoms with Crippen LogP contribution in [0.2, 0.25) is 0 Å². The van der Waals surface area contributed by atoms with E-state index in [0.717, 1.165) is 0 Å². The minimum absolute atomic E-state index is 1.18. The molecule has 0 nitrogen and oxygen atoms in total. The van der Waals surface area contributed by atoms with Crippen LogP contribution in [0.3, 0.4) is 0 Å². The standard InChI is InChI=1S/C17H14/c1-2-3-14-17(15-10-6-4-7-11-15)16-12-8-5-9-13-16/h3-14H,1H2. The first kappa shape index (κ1) is 11.2. The van der Waals surface area contributed by atoms with Gasteiger partial charge in [0, 0.05) is 0 Å². The van der Waals surface area contributed by atoms with Gasteiger partial charge in [0.05, 0.1) is 0 Å². The van der Waals surface area contributed by atoms with Gasteiger partial charge >= 0.3 is 0 Å². The van der Waals surface area contributed by atoms with Gasteiger partial charge in [0.25, 0.3) is 0 Å². The van der Waals surface area contributed by atoms with Crippen LogP contribution in [0, 0.1) is 0 Å². The molecule has 2 aromatic rings. The molecule has 0 saturated carbocycles. The van der Waals surface area contributed by atoms with E-state index < -0.39 is 0 Å². The highest BCUT2D eigenvalue weighted by Gasteiger charge is 2.02. The van der Waals surface area contributed by atoms with E-state index in [1.54, 1.807) is 0 Å². The highest BCUT2D eigenvalue weighted by molar-refractivity contribution is 5.80. The van der Waals surface area contributed by atoms with Crippen molar-refractivity contribution in [2.24, 2.45) is 0 Å². The first-order valence-electron chi connectivity index (χ1n) is 5.59. The number of hydrogen-bond donors (Lipinski definition) is 0.